The summed E-state index contributed by atoms with van der Waals surface area (Å²) in [6.45, 7) is 4.95. The standard InChI is InChI=1S/C79H149NO5/c1-3-5-7-9-11-13-15-17-19-44-47-51-55-59-63-67-71-77(82)76(75-81)80-78(83)72-68-64-60-56-52-48-45-41-39-37-35-33-31-29-27-25-23-21-20-22-24-26-28-30-32-34-36-38-40-42-46-50-54-58-62-66-70-74-85-79(84)73-69-65-61-57-53-49-43-18-16-14-12-10-8-6-4-2/h12,14,18,20,22,26,28,43,76-77,81-82H,3-11,13,15-17,19,21,23-25,27,29-42,44-75H2,1-2H3,(H,80,83)/b14-12-,22-20-,28-26-,43-18-. The summed E-state index contributed by atoms with van der Waals surface area (Å²) in [6.07, 6.45) is 97.7. The minimum absolute atomic E-state index is 0.00495. The first-order valence-electron chi connectivity index (χ1n) is 38.4. The van der Waals surface area contributed by atoms with E-state index in [9.17, 15) is 19.8 Å². The molecule has 0 rings (SSSR count). The maximum Gasteiger partial charge on any atom is 0.305 e. The lowest BCUT2D eigenvalue weighted by atomic mass is 10.0. The summed E-state index contributed by atoms with van der Waals surface area (Å²) in [4.78, 5) is 24.6. The molecule has 1 amide bonds. The first-order chi connectivity index (χ1) is 42.0. The molecule has 0 aromatic heterocycles. The van der Waals surface area contributed by atoms with Crippen LogP contribution in [0.3, 0.4) is 0 Å². The van der Waals surface area contributed by atoms with Gasteiger partial charge in [-0.2, -0.15) is 0 Å². The number of carbonyl (C=O) groups excluding carboxylic acids is 2. The fraction of sp³-hybridized carbons (Fsp3) is 0.873. The monoisotopic (exact) mass is 1190 g/mol. The number of unbranched alkanes of at least 4 members (excludes halogenated alkanes) is 53. The molecule has 0 aliphatic rings. The molecular weight excluding hydrogens is 1040 g/mol. The molecule has 85 heavy (non-hydrogen) atoms. The van der Waals surface area contributed by atoms with Gasteiger partial charge >= 0.3 is 5.97 Å². The van der Waals surface area contributed by atoms with Crippen LogP contribution in [0.15, 0.2) is 48.6 Å². The summed E-state index contributed by atoms with van der Waals surface area (Å²) >= 11 is 0. The third kappa shape index (κ3) is 70.8. The third-order valence-electron chi connectivity index (χ3n) is 17.9. The van der Waals surface area contributed by atoms with Crippen molar-refractivity contribution in [1.82, 2.24) is 5.32 Å². The number of rotatable bonds is 72. The zero-order valence-corrected chi connectivity index (χ0v) is 57.4. The highest BCUT2D eigenvalue weighted by atomic mass is 16.5. The fourth-order valence-corrected chi connectivity index (χ4v) is 12.0. The third-order valence-corrected chi connectivity index (χ3v) is 17.9. The van der Waals surface area contributed by atoms with Crippen LogP contribution in [-0.2, 0) is 14.3 Å². The molecular formula is C79H149NO5. The molecule has 0 fully saturated rings. The van der Waals surface area contributed by atoms with E-state index in [1.165, 1.54) is 327 Å². The van der Waals surface area contributed by atoms with Crippen LogP contribution in [0.25, 0.3) is 0 Å². The molecule has 0 aliphatic heterocycles. The summed E-state index contributed by atoms with van der Waals surface area (Å²) in [5, 5.41) is 23.4. The van der Waals surface area contributed by atoms with Crippen LogP contribution in [0.1, 0.15) is 418 Å². The Kier molecular flexibility index (Phi) is 72.4. The van der Waals surface area contributed by atoms with Gasteiger partial charge in [-0.25, -0.2) is 0 Å². The van der Waals surface area contributed by atoms with Gasteiger partial charge in [0.25, 0.3) is 0 Å². The first kappa shape index (κ1) is 82.8. The Morgan fingerprint density at radius 1 is 0.329 bits per heavy atom. The SMILES string of the molecule is CCCCC/C=C\C/C=C\CCCCCCCC(=O)OCCCCCCCCCCCCCCC/C=C\C/C=C\CCCCCCCCCCCCCCCCCCCC(=O)NC(CO)C(O)CCCCCCCCCCCCCCCCCC. The number of hydrogen-bond donors (Lipinski definition) is 3. The molecule has 2 unspecified atom stereocenters. The first-order valence-corrected chi connectivity index (χ1v) is 38.4. The summed E-state index contributed by atoms with van der Waals surface area (Å²) in [7, 11) is 0. The molecule has 6 heteroatoms. The minimum Gasteiger partial charge on any atom is -0.466 e. The molecule has 0 spiro atoms. The van der Waals surface area contributed by atoms with E-state index in [1.54, 1.807) is 0 Å². The molecule has 0 heterocycles. The summed E-state index contributed by atoms with van der Waals surface area (Å²) < 4.78 is 5.49. The number of nitrogens with one attached hydrogen (secondary N) is 1. The van der Waals surface area contributed by atoms with Crippen molar-refractivity contribution in [2.45, 2.75) is 431 Å². The Bertz CT molecular complexity index is 1420. The molecule has 0 aromatic carbocycles. The lowest BCUT2D eigenvalue weighted by molar-refractivity contribution is -0.143. The summed E-state index contributed by atoms with van der Waals surface area (Å²) in [6, 6.07) is -0.540. The van der Waals surface area contributed by atoms with Crippen molar-refractivity contribution in [3.63, 3.8) is 0 Å². The van der Waals surface area contributed by atoms with Gasteiger partial charge in [0.2, 0.25) is 5.91 Å². The van der Waals surface area contributed by atoms with Crippen LogP contribution in [0.4, 0.5) is 0 Å². The van der Waals surface area contributed by atoms with E-state index >= 15 is 0 Å². The molecule has 6 nitrogen and oxygen atoms in total. The van der Waals surface area contributed by atoms with Crippen molar-refractivity contribution < 1.29 is 24.5 Å². The second-order valence-electron chi connectivity index (χ2n) is 26.3. The van der Waals surface area contributed by atoms with Crippen LogP contribution in [0.5, 0.6) is 0 Å². The predicted molar refractivity (Wildman–Crippen MR) is 375 cm³/mol. The number of aliphatic hydroxyl groups is 2. The number of amides is 1. The molecule has 500 valence electrons. The quantitative estimate of drug-likeness (QED) is 0.0320. The average molecular weight is 1190 g/mol. The van der Waals surface area contributed by atoms with Crippen LogP contribution < -0.4 is 5.32 Å². The van der Waals surface area contributed by atoms with E-state index in [-0.39, 0.29) is 18.5 Å². The zero-order valence-electron chi connectivity index (χ0n) is 57.4. The molecule has 0 aromatic rings. The minimum atomic E-state index is -0.663. The molecule has 0 bridgehead atoms. The van der Waals surface area contributed by atoms with E-state index < -0.39 is 12.1 Å². The highest BCUT2D eigenvalue weighted by Crippen LogP contribution is 2.19. The highest BCUT2D eigenvalue weighted by Gasteiger charge is 2.20. The number of carbonyl (C=O) groups is 2. The number of hydrogen-bond acceptors (Lipinski definition) is 5. The lowest BCUT2D eigenvalue weighted by Crippen LogP contribution is -2.45. The zero-order chi connectivity index (χ0) is 61.3. The topological polar surface area (TPSA) is 95.9 Å². The molecule has 3 N–H and O–H groups in total. The summed E-state index contributed by atoms with van der Waals surface area (Å²) in [5.41, 5.74) is 0. The normalized spacial score (nSPS) is 12.8. The van der Waals surface area contributed by atoms with E-state index in [1.807, 2.05) is 0 Å². The maximum atomic E-state index is 12.5. The fourth-order valence-electron chi connectivity index (χ4n) is 12.0. The van der Waals surface area contributed by atoms with Crippen LogP contribution in [0.2, 0.25) is 0 Å². The number of esters is 1. The Balaban J connectivity index is 3.36. The average Bonchev–Trinajstić information content (AvgIpc) is 3.51. The van der Waals surface area contributed by atoms with Crippen molar-refractivity contribution in [2.24, 2.45) is 0 Å². The van der Waals surface area contributed by atoms with Crippen LogP contribution in [0, 0.1) is 0 Å². The maximum absolute atomic E-state index is 12.5. The second kappa shape index (κ2) is 74.3. The van der Waals surface area contributed by atoms with Crippen molar-refractivity contribution in [2.75, 3.05) is 13.2 Å². The van der Waals surface area contributed by atoms with E-state index in [0.29, 0.717) is 25.9 Å². The molecule has 2 atom stereocenters. The van der Waals surface area contributed by atoms with Crippen LogP contribution in [-0.4, -0.2) is 47.4 Å². The van der Waals surface area contributed by atoms with Gasteiger partial charge in [-0.1, -0.05) is 364 Å². The van der Waals surface area contributed by atoms with E-state index in [4.69, 9.17) is 4.74 Å². The van der Waals surface area contributed by atoms with Crippen molar-refractivity contribution in [3.8, 4) is 0 Å². The van der Waals surface area contributed by atoms with Gasteiger partial charge in [-0.3, -0.25) is 9.59 Å². The number of ether oxygens (including phenoxy) is 1. The molecule has 0 saturated carbocycles. The van der Waals surface area contributed by atoms with Crippen molar-refractivity contribution in [1.29, 1.82) is 0 Å². The molecule has 0 radical (unpaired) electrons. The van der Waals surface area contributed by atoms with Gasteiger partial charge in [0, 0.05) is 12.8 Å². The van der Waals surface area contributed by atoms with Gasteiger partial charge < -0.3 is 20.3 Å². The van der Waals surface area contributed by atoms with E-state index in [2.05, 4.69) is 67.8 Å². The summed E-state index contributed by atoms with van der Waals surface area (Å²) in [5.74, 6) is -0.0242. The molecule has 0 saturated heterocycles. The van der Waals surface area contributed by atoms with E-state index in [0.717, 1.165) is 57.8 Å². The van der Waals surface area contributed by atoms with Gasteiger partial charge in [-0.05, 0) is 89.9 Å². The Hall–Kier alpha value is -2.18. The second-order valence-corrected chi connectivity index (χ2v) is 26.3. The van der Waals surface area contributed by atoms with Crippen LogP contribution >= 0.6 is 0 Å². The van der Waals surface area contributed by atoms with Gasteiger partial charge in [-0.15, -0.1) is 0 Å². The Morgan fingerprint density at radius 2 is 0.588 bits per heavy atom. The highest BCUT2D eigenvalue weighted by molar-refractivity contribution is 5.76. The van der Waals surface area contributed by atoms with Crippen molar-refractivity contribution >= 4 is 11.9 Å². The van der Waals surface area contributed by atoms with Gasteiger partial charge in [0.1, 0.15) is 0 Å². The largest absolute Gasteiger partial charge is 0.466 e. The lowest BCUT2D eigenvalue weighted by Gasteiger charge is -2.22. The number of allylic oxidation sites excluding steroid dienone is 8. The van der Waals surface area contributed by atoms with Gasteiger partial charge in [0.05, 0.1) is 25.4 Å². The Labute approximate surface area is 531 Å². The van der Waals surface area contributed by atoms with Gasteiger partial charge in [0.15, 0.2) is 0 Å². The number of aliphatic hydroxyl groups excluding tert-OH is 2. The molecule has 0 aliphatic carbocycles. The van der Waals surface area contributed by atoms with Crippen molar-refractivity contribution in [3.05, 3.63) is 48.6 Å². The predicted octanol–water partition coefficient (Wildman–Crippen LogP) is 25.2. The Morgan fingerprint density at radius 3 is 0.918 bits per heavy atom. The smallest absolute Gasteiger partial charge is 0.305 e.